The quantitative estimate of drug-likeness (QED) is 0.788. The number of sulfonamides is 1. The summed E-state index contributed by atoms with van der Waals surface area (Å²) in [5.74, 6) is -0.115. The molecule has 25 heavy (non-hydrogen) atoms. The molecule has 0 unspecified atom stereocenters. The van der Waals surface area contributed by atoms with Crippen molar-refractivity contribution < 1.29 is 17.9 Å². The lowest BCUT2D eigenvalue weighted by molar-refractivity contribution is -0.115. The maximum absolute atomic E-state index is 12.5. The first kappa shape index (κ1) is 18.3. The zero-order valence-electron chi connectivity index (χ0n) is 14.2. The van der Waals surface area contributed by atoms with Crippen LogP contribution in [0.1, 0.15) is 25.7 Å². The van der Waals surface area contributed by atoms with E-state index in [0.717, 1.165) is 12.8 Å². The van der Waals surface area contributed by atoms with Crippen molar-refractivity contribution in [2.24, 2.45) is 0 Å². The summed E-state index contributed by atoms with van der Waals surface area (Å²) in [6.45, 7) is 1.85. The minimum Gasteiger partial charge on any atom is -0.379 e. The second kappa shape index (κ2) is 8.27. The molecule has 1 amide bonds. The first-order valence-electron chi connectivity index (χ1n) is 8.77. The van der Waals surface area contributed by atoms with Crippen LogP contribution in [0.5, 0.6) is 0 Å². The van der Waals surface area contributed by atoms with Crippen molar-refractivity contribution in [3.8, 4) is 0 Å². The SMILES string of the molecule is O=C(CNC1CCCC1)Nc1ccc(S(=O)(=O)N2CCOCC2)cc1. The Hall–Kier alpha value is -1.48. The fourth-order valence-electron chi connectivity index (χ4n) is 3.22. The number of morpholine rings is 1. The van der Waals surface area contributed by atoms with Crippen LogP contribution in [-0.4, -0.2) is 57.5 Å². The molecule has 1 aromatic carbocycles. The summed E-state index contributed by atoms with van der Waals surface area (Å²) in [7, 11) is -3.50. The highest BCUT2D eigenvalue weighted by atomic mass is 32.2. The van der Waals surface area contributed by atoms with Gasteiger partial charge in [0.2, 0.25) is 15.9 Å². The third kappa shape index (κ3) is 4.78. The second-order valence-corrected chi connectivity index (χ2v) is 8.39. The van der Waals surface area contributed by atoms with Crippen molar-refractivity contribution >= 4 is 21.6 Å². The van der Waals surface area contributed by atoms with Gasteiger partial charge < -0.3 is 15.4 Å². The van der Waals surface area contributed by atoms with Gasteiger partial charge in [-0.1, -0.05) is 12.8 Å². The largest absolute Gasteiger partial charge is 0.379 e. The van der Waals surface area contributed by atoms with Crippen LogP contribution in [0, 0.1) is 0 Å². The Bertz CT molecular complexity index is 678. The van der Waals surface area contributed by atoms with Gasteiger partial charge in [-0.05, 0) is 37.1 Å². The van der Waals surface area contributed by atoms with Gasteiger partial charge in [-0.25, -0.2) is 8.42 Å². The van der Waals surface area contributed by atoms with Gasteiger partial charge in [-0.15, -0.1) is 0 Å². The molecule has 1 aliphatic heterocycles. The Balaban J connectivity index is 1.55. The van der Waals surface area contributed by atoms with Crippen LogP contribution in [0.4, 0.5) is 5.69 Å². The average Bonchev–Trinajstić information content (AvgIpc) is 3.15. The van der Waals surface area contributed by atoms with E-state index in [4.69, 9.17) is 4.74 Å². The van der Waals surface area contributed by atoms with Gasteiger partial charge in [0.15, 0.2) is 0 Å². The van der Waals surface area contributed by atoms with Crippen LogP contribution in [0.3, 0.4) is 0 Å². The first-order valence-corrected chi connectivity index (χ1v) is 10.2. The molecule has 1 aromatic rings. The Labute approximate surface area is 148 Å². The van der Waals surface area contributed by atoms with E-state index in [-0.39, 0.29) is 17.3 Å². The Morgan fingerprint density at radius 3 is 2.40 bits per heavy atom. The van der Waals surface area contributed by atoms with Crippen molar-refractivity contribution in [1.82, 2.24) is 9.62 Å². The van der Waals surface area contributed by atoms with E-state index >= 15 is 0 Å². The molecule has 8 heteroatoms. The highest BCUT2D eigenvalue weighted by molar-refractivity contribution is 7.89. The van der Waals surface area contributed by atoms with Gasteiger partial charge in [0.05, 0.1) is 24.7 Å². The lowest BCUT2D eigenvalue weighted by Crippen LogP contribution is -2.40. The topological polar surface area (TPSA) is 87.7 Å². The van der Waals surface area contributed by atoms with Crippen LogP contribution < -0.4 is 10.6 Å². The average molecular weight is 367 g/mol. The molecule has 1 heterocycles. The molecule has 0 spiro atoms. The maximum atomic E-state index is 12.5. The van der Waals surface area contributed by atoms with E-state index in [1.54, 1.807) is 12.1 Å². The number of rotatable bonds is 6. The normalized spacial score (nSPS) is 19.8. The molecule has 138 valence electrons. The molecule has 2 N–H and O–H groups in total. The zero-order chi connectivity index (χ0) is 17.7. The Morgan fingerprint density at radius 1 is 1.12 bits per heavy atom. The van der Waals surface area contributed by atoms with Gasteiger partial charge in [0.25, 0.3) is 0 Å². The molecular weight excluding hydrogens is 342 g/mol. The predicted octanol–water partition coefficient (Wildman–Crippen LogP) is 1.18. The molecule has 3 rings (SSSR count). The van der Waals surface area contributed by atoms with E-state index in [1.165, 1.54) is 29.3 Å². The van der Waals surface area contributed by atoms with E-state index in [1.807, 2.05) is 0 Å². The second-order valence-electron chi connectivity index (χ2n) is 6.45. The van der Waals surface area contributed by atoms with Crippen LogP contribution in [0.15, 0.2) is 29.2 Å². The lowest BCUT2D eigenvalue weighted by atomic mass is 10.2. The highest BCUT2D eigenvalue weighted by Crippen LogP contribution is 2.20. The fraction of sp³-hybridized carbons (Fsp3) is 0.588. The number of hydrogen-bond donors (Lipinski definition) is 2. The molecule has 7 nitrogen and oxygen atoms in total. The van der Waals surface area contributed by atoms with E-state index in [9.17, 15) is 13.2 Å². The molecule has 2 aliphatic rings. The predicted molar refractivity (Wildman–Crippen MR) is 94.9 cm³/mol. The highest BCUT2D eigenvalue weighted by Gasteiger charge is 2.26. The minimum atomic E-state index is -3.50. The monoisotopic (exact) mass is 367 g/mol. The van der Waals surface area contributed by atoms with Crippen molar-refractivity contribution in [3.05, 3.63) is 24.3 Å². The molecule has 0 aromatic heterocycles. The van der Waals surface area contributed by atoms with E-state index in [0.29, 0.717) is 38.0 Å². The van der Waals surface area contributed by atoms with E-state index in [2.05, 4.69) is 10.6 Å². The minimum absolute atomic E-state index is 0.115. The molecule has 2 fully saturated rings. The van der Waals surface area contributed by atoms with Crippen molar-refractivity contribution in [2.75, 3.05) is 38.2 Å². The van der Waals surface area contributed by atoms with Gasteiger partial charge in [0.1, 0.15) is 0 Å². The van der Waals surface area contributed by atoms with Gasteiger partial charge in [0, 0.05) is 24.8 Å². The summed E-state index contributed by atoms with van der Waals surface area (Å²) in [6.07, 6.45) is 4.69. The van der Waals surface area contributed by atoms with Crippen LogP contribution >= 0.6 is 0 Å². The summed E-state index contributed by atoms with van der Waals surface area (Å²) < 4.78 is 31.7. The first-order chi connectivity index (χ1) is 12.1. The standard InChI is InChI=1S/C17H25N3O4S/c21-17(13-18-14-3-1-2-4-14)19-15-5-7-16(8-6-15)25(22,23)20-9-11-24-12-10-20/h5-8,14,18H,1-4,9-13H2,(H,19,21). The number of carbonyl (C=O) groups excluding carboxylic acids is 1. The number of carbonyl (C=O) groups is 1. The van der Waals surface area contributed by atoms with Gasteiger partial charge in [-0.3, -0.25) is 4.79 Å². The number of ether oxygens (including phenoxy) is 1. The number of benzene rings is 1. The smallest absolute Gasteiger partial charge is 0.243 e. The maximum Gasteiger partial charge on any atom is 0.243 e. The summed E-state index contributed by atoms with van der Waals surface area (Å²) in [5, 5.41) is 6.05. The van der Waals surface area contributed by atoms with Crippen LogP contribution in [-0.2, 0) is 19.6 Å². The zero-order valence-corrected chi connectivity index (χ0v) is 15.1. The summed E-state index contributed by atoms with van der Waals surface area (Å²) in [6, 6.07) is 6.75. The van der Waals surface area contributed by atoms with Crippen LogP contribution in [0.2, 0.25) is 0 Å². The van der Waals surface area contributed by atoms with Crippen molar-refractivity contribution in [2.45, 2.75) is 36.6 Å². The molecule has 1 saturated carbocycles. The van der Waals surface area contributed by atoms with Crippen molar-refractivity contribution in [1.29, 1.82) is 0 Å². The third-order valence-electron chi connectivity index (χ3n) is 4.65. The van der Waals surface area contributed by atoms with Gasteiger partial charge >= 0.3 is 0 Å². The Morgan fingerprint density at radius 2 is 1.76 bits per heavy atom. The van der Waals surface area contributed by atoms with Crippen LogP contribution in [0.25, 0.3) is 0 Å². The Kier molecular flexibility index (Phi) is 6.06. The molecule has 1 aliphatic carbocycles. The number of amides is 1. The molecule has 0 bridgehead atoms. The summed E-state index contributed by atoms with van der Waals surface area (Å²) in [4.78, 5) is 12.2. The molecule has 1 saturated heterocycles. The molecule has 0 radical (unpaired) electrons. The number of nitrogens with zero attached hydrogens (tertiary/aromatic N) is 1. The summed E-state index contributed by atoms with van der Waals surface area (Å²) in [5.41, 5.74) is 0.596. The van der Waals surface area contributed by atoms with E-state index < -0.39 is 10.0 Å². The summed E-state index contributed by atoms with van der Waals surface area (Å²) >= 11 is 0. The lowest BCUT2D eigenvalue weighted by Gasteiger charge is -2.26. The van der Waals surface area contributed by atoms with Crippen molar-refractivity contribution in [3.63, 3.8) is 0 Å². The van der Waals surface area contributed by atoms with Gasteiger partial charge in [-0.2, -0.15) is 4.31 Å². The number of hydrogen-bond acceptors (Lipinski definition) is 5. The molecule has 0 atom stereocenters. The number of nitrogens with one attached hydrogen (secondary N) is 2. The fourth-order valence-corrected chi connectivity index (χ4v) is 4.63. The third-order valence-corrected chi connectivity index (χ3v) is 6.57. The number of anilines is 1. The molecular formula is C17H25N3O4S.